The Balaban J connectivity index is 1.43. The van der Waals surface area contributed by atoms with Crippen molar-refractivity contribution in [1.82, 2.24) is 4.90 Å². The van der Waals surface area contributed by atoms with Gasteiger partial charge in [-0.25, -0.2) is 0 Å². The lowest BCUT2D eigenvalue weighted by Gasteiger charge is -2.46. The normalized spacial score (nSPS) is 36.6. The SMILES string of the molecule is OC1(CC2CCC2)CC2CCC(C1)N2Cc1ccccc1. The summed E-state index contributed by atoms with van der Waals surface area (Å²) in [4.78, 5) is 2.67. The van der Waals surface area contributed by atoms with Crippen molar-refractivity contribution in [2.75, 3.05) is 0 Å². The van der Waals surface area contributed by atoms with Crippen molar-refractivity contribution in [1.29, 1.82) is 0 Å². The highest BCUT2D eigenvalue weighted by atomic mass is 16.3. The maximum Gasteiger partial charge on any atom is 0.0680 e. The number of aliphatic hydroxyl groups is 1. The molecule has 2 atom stereocenters. The van der Waals surface area contributed by atoms with Crippen molar-refractivity contribution < 1.29 is 5.11 Å². The van der Waals surface area contributed by atoms with E-state index in [-0.39, 0.29) is 5.60 Å². The molecule has 21 heavy (non-hydrogen) atoms. The summed E-state index contributed by atoms with van der Waals surface area (Å²) < 4.78 is 0. The molecular formula is C19H27NO. The average Bonchev–Trinajstić information content (AvgIpc) is 2.69. The standard InChI is InChI=1S/C19H27NO/c21-19(11-15-7-4-8-15)12-17-9-10-18(13-19)20(17)14-16-5-2-1-3-6-16/h1-3,5-6,15,17-18,21H,4,7-14H2. The van der Waals surface area contributed by atoms with E-state index in [9.17, 15) is 5.11 Å². The lowest BCUT2D eigenvalue weighted by atomic mass is 9.72. The first kappa shape index (κ1) is 13.8. The lowest BCUT2D eigenvalue weighted by molar-refractivity contribution is -0.0748. The smallest absolute Gasteiger partial charge is 0.0680 e. The fourth-order valence-electron chi connectivity index (χ4n) is 4.87. The maximum absolute atomic E-state index is 11.0. The summed E-state index contributed by atoms with van der Waals surface area (Å²) in [5.74, 6) is 0.815. The van der Waals surface area contributed by atoms with Crippen LogP contribution in [0.1, 0.15) is 56.9 Å². The molecule has 0 radical (unpaired) electrons. The van der Waals surface area contributed by atoms with Gasteiger partial charge in [-0.1, -0.05) is 49.6 Å². The molecule has 0 amide bonds. The Morgan fingerprint density at radius 1 is 1.00 bits per heavy atom. The highest BCUT2D eigenvalue weighted by Crippen LogP contribution is 2.46. The Labute approximate surface area is 128 Å². The summed E-state index contributed by atoms with van der Waals surface area (Å²) in [5, 5.41) is 11.0. The van der Waals surface area contributed by atoms with Gasteiger partial charge in [-0.2, -0.15) is 0 Å². The van der Waals surface area contributed by atoms with Gasteiger partial charge >= 0.3 is 0 Å². The van der Waals surface area contributed by atoms with Gasteiger partial charge in [0.25, 0.3) is 0 Å². The Kier molecular flexibility index (Phi) is 3.55. The van der Waals surface area contributed by atoms with Crippen molar-refractivity contribution in [3.8, 4) is 0 Å². The molecule has 2 bridgehead atoms. The first-order valence-corrected chi connectivity index (χ1v) is 8.74. The molecule has 1 aromatic carbocycles. The molecule has 0 aromatic heterocycles. The fourth-order valence-corrected chi connectivity index (χ4v) is 4.87. The number of piperidine rings is 1. The predicted octanol–water partition coefficient (Wildman–Crippen LogP) is 3.73. The van der Waals surface area contributed by atoms with E-state index in [0.717, 1.165) is 31.7 Å². The second kappa shape index (κ2) is 5.40. The molecule has 2 nitrogen and oxygen atoms in total. The van der Waals surface area contributed by atoms with E-state index >= 15 is 0 Å². The number of rotatable bonds is 4. The summed E-state index contributed by atoms with van der Waals surface area (Å²) in [7, 11) is 0. The molecule has 1 aliphatic carbocycles. The van der Waals surface area contributed by atoms with Crippen LogP contribution in [0.3, 0.4) is 0 Å². The van der Waals surface area contributed by atoms with Crippen molar-refractivity contribution in [2.24, 2.45) is 5.92 Å². The number of fused-ring (bicyclic) bond motifs is 2. The van der Waals surface area contributed by atoms with Gasteiger partial charge in [0.15, 0.2) is 0 Å². The Bertz CT molecular complexity index is 468. The molecule has 1 N–H and O–H groups in total. The monoisotopic (exact) mass is 285 g/mol. The molecule has 2 aliphatic heterocycles. The van der Waals surface area contributed by atoms with Gasteiger partial charge in [0.05, 0.1) is 5.60 Å². The van der Waals surface area contributed by atoms with Crippen molar-refractivity contribution in [2.45, 2.75) is 75.6 Å². The Hall–Kier alpha value is -0.860. The first-order chi connectivity index (χ1) is 10.2. The van der Waals surface area contributed by atoms with Gasteiger partial charge < -0.3 is 5.11 Å². The zero-order chi connectivity index (χ0) is 14.3. The zero-order valence-corrected chi connectivity index (χ0v) is 12.9. The van der Waals surface area contributed by atoms with Crippen LogP contribution in [0.25, 0.3) is 0 Å². The number of nitrogens with zero attached hydrogens (tertiary/aromatic N) is 1. The van der Waals surface area contributed by atoms with Crippen molar-refractivity contribution >= 4 is 0 Å². The summed E-state index contributed by atoms with van der Waals surface area (Å²) in [5.41, 5.74) is 1.06. The quantitative estimate of drug-likeness (QED) is 0.911. The average molecular weight is 285 g/mol. The van der Waals surface area contributed by atoms with Gasteiger partial charge in [-0.15, -0.1) is 0 Å². The minimum Gasteiger partial charge on any atom is -0.390 e. The van der Waals surface area contributed by atoms with Crippen LogP contribution in [0.4, 0.5) is 0 Å². The summed E-state index contributed by atoms with van der Waals surface area (Å²) in [6.45, 7) is 1.07. The molecular weight excluding hydrogens is 258 g/mol. The van der Waals surface area contributed by atoms with Crippen LogP contribution in [0.2, 0.25) is 0 Å². The van der Waals surface area contributed by atoms with Gasteiger partial charge in [-0.3, -0.25) is 4.90 Å². The van der Waals surface area contributed by atoms with Crippen LogP contribution in [-0.2, 0) is 6.54 Å². The molecule has 1 saturated carbocycles. The second-order valence-electron chi connectivity index (χ2n) is 7.68. The third kappa shape index (κ3) is 2.76. The molecule has 2 heteroatoms. The minimum absolute atomic E-state index is 0.357. The molecule has 3 fully saturated rings. The highest BCUT2D eigenvalue weighted by Gasteiger charge is 2.48. The molecule has 4 rings (SSSR count). The number of benzene rings is 1. The van der Waals surface area contributed by atoms with Gasteiger partial charge in [0, 0.05) is 18.6 Å². The topological polar surface area (TPSA) is 23.5 Å². The Morgan fingerprint density at radius 2 is 1.67 bits per heavy atom. The van der Waals surface area contributed by atoms with Crippen LogP contribution in [-0.4, -0.2) is 27.7 Å². The van der Waals surface area contributed by atoms with Crippen LogP contribution >= 0.6 is 0 Å². The molecule has 1 aromatic rings. The van der Waals surface area contributed by atoms with E-state index in [4.69, 9.17) is 0 Å². The van der Waals surface area contributed by atoms with E-state index in [1.807, 2.05) is 0 Å². The van der Waals surface area contributed by atoms with Crippen LogP contribution in [0, 0.1) is 5.92 Å². The predicted molar refractivity (Wildman–Crippen MR) is 84.9 cm³/mol. The van der Waals surface area contributed by atoms with E-state index in [2.05, 4.69) is 35.2 Å². The van der Waals surface area contributed by atoms with Crippen LogP contribution in [0.15, 0.2) is 30.3 Å². The molecule has 3 aliphatic rings. The molecule has 2 saturated heterocycles. The minimum atomic E-state index is -0.357. The van der Waals surface area contributed by atoms with E-state index in [1.54, 1.807) is 0 Å². The Morgan fingerprint density at radius 3 is 2.24 bits per heavy atom. The van der Waals surface area contributed by atoms with Gasteiger partial charge in [0.2, 0.25) is 0 Å². The second-order valence-corrected chi connectivity index (χ2v) is 7.68. The fraction of sp³-hybridized carbons (Fsp3) is 0.684. The van der Waals surface area contributed by atoms with Crippen molar-refractivity contribution in [3.05, 3.63) is 35.9 Å². The molecule has 114 valence electrons. The third-order valence-corrected chi connectivity index (χ3v) is 6.10. The summed E-state index contributed by atoms with van der Waals surface area (Å²) in [6.07, 6.45) is 9.73. The number of hydrogen-bond donors (Lipinski definition) is 1. The van der Waals surface area contributed by atoms with E-state index in [1.165, 1.54) is 37.7 Å². The van der Waals surface area contributed by atoms with Crippen LogP contribution in [0.5, 0.6) is 0 Å². The summed E-state index contributed by atoms with van der Waals surface area (Å²) >= 11 is 0. The van der Waals surface area contributed by atoms with Crippen LogP contribution < -0.4 is 0 Å². The summed E-state index contributed by atoms with van der Waals surface area (Å²) in [6, 6.07) is 12.0. The third-order valence-electron chi connectivity index (χ3n) is 6.10. The largest absolute Gasteiger partial charge is 0.390 e. The number of hydrogen-bond acceptors (Lipinski definition) is 2. The highest BCUT2D eigenvalue weighted by molar-refractivity contribution is 5.16. The molecule has 0 spiro atoms. The van der Waals surface area contributed by atoms with Gasteiger partial charge in [-0.05, 0) is 43.6 Å². The molecule has 2 unspecified atom stereocenters. The van der Waals surface area contributed by atoms with Crippen molar-refractivity contribution in [3.63, 3.8) is 0 Å². The lowest BCUT2D eigenvalue weighted by Crippen LogP contribution is -2.51. The van der Waals surface area contributed by atoms with E-state index in [0.29, 0.717) is 12.1 Å². The first-order valence-electron chi connectivity index (χ1n) is 8.74. The van der Waals surface area contributed by atoms with Gasteiger partial charge in [0.1, 0.15) is 0 Å². The maximum atomic E-state index is 11.0. The van der Waals surface area contributed by atoms with E-state index < -0.39 is 0 Å². The zero-order valence-electron chi connectivity index (χ0n) is 12.9. The molecule has 2 heterocycles.